The van der Waals surface area contributed by atoms with Crippen molar-refractivity contribution in [2.24, 2.45) is 0 Å². The molecule has 0 aliphatic carbocycles. The summed E-state index contributed by atoms with van der Waals surface area (Å²) in [5.41, 5.74) is 5.80. The summed E-state index contributed by atoms with van der Waals surface area (Å²) in [5, 5.41) is 3.27. The van der Waals surface area contributed by atoms with Gasteiger partial charge in [-0.1, -0.05) is 25.1 Å². The lowest BCUT2D eigenvalue weighted by Gasteiger charge is -2.11. The van der Waals surface area contributed by atoms with Gasteiger partial charge in [0.15, 0.2) is 0 Å². The first-order chi connectivity index (χ1) is 10.2. The first-order valence-corrected chi connectivity index (χ1v) is 7.48. The molecular formula is C18H21N3. The molecule has 3 heteroatoms. The summed E-state index contributed by atoms with van der Waals surface area (Å²) >= 11 is 0. The average molecular weight is 279 g/mol. The van der Waals surface area contributed by atoms with E-state index in [0.717, 1.165) is 35.6 Å². The molecule has 3 nitrogen and oxygen atoms in total. The number of hydrogen-bond donors (Lipinski definition) is 1. The molecule has 21 heavy (non-hydrogen) atoms. The van der Waals surface area contributed by atoms with Gasteiger partial charge >= 0.3 is 0 Å². The van der Waals surface area contributed by atoms with E-state index < -0.39 is 0 Å². The van der Waals surface area contributed by atoms with E-state index in [1.165, 1.54) is 11.1 Å². The fraction of sp³-hybridized carbons (Fsp3) is 0.278. The van der Waals surface area contributed by atoms with Crippen molar-refractivity contribution in [1.82, 2.24) is 9.55 Å². The number of nitrogens with zero attached hydrogens (tertiary/aromatic N) is 2. The summed E-state index contributed by atoms with van der Waals surface area (Å²) in [6, 6.07) is 14.8. The van der Waals surface area contributed by atoms with Gasteiger partial charge in [0.1, 0.15) is 5.82 Å². The van der Waals surface area contributed by atoms with E-state index in [-0.39, 0.29) is 0 Å². The lowest BCUT2D eigenvalue weighted by atomic mass is 10.1. The van der Waals surface area contributed by atoms with E-state index in [1.807, 2.05) is 13.1 Å². The van der Waals surface area contributed by atoms with E-state index in [9.17, 15) is 0 Å². The number of fused-ring (bicyclic) bond motifs is 1. The van der Waals surface area contributed by atoms with Crippen molar-refractivity contribution in [3.8, 4) is 11.4 Å². The SMILES string of the molecule is CCCn1c(-c2ccccc2NC)nc2cc(C)ccc21. The van der Waals surface area contributed by atoms with Gasteiger partial charge in [-0.15, -0.1) is 0 Å². The van der Waals surface area contributed by atoms with Gasteiger partial charge < -0.3 is 9.88 Å². The molecule has 0 saturated heterocycles. The third kappa shape index (κ3) is 2.40. The van der Waals surface area contributed by atoms with Crippen molar-refractivity contribution in [1.29, 1.82) is 0 Å². The first-order valence-electron chi connectivity index (χ1n) is 7.48. The molecule has 2 aromatic carbocycles. The van der Waals surface area contributed by atoms with Gasteiger partial charge in [0.25, 0.3) is 0 Å². The molecule has 0 amide bonds. The van der Waals surface area contributed by atoms with Crippen molar-refractivity contribution in [3.05, 3.63) is 48.0 Å². The number of nitrogens with one attached hydrogen (secondary N) is 1. The molecule has 0 aliphatic heterocycles. The highest BCUT2D eigenvalue weighted by Crippen LogP contribution is 2.30. The number of anilines is 1. The van der Waals surface area contributed by atoms with Crippen LogP contribution in [0.25, 0.3) is 22.4 Å². The van der Waals surface area contributed by atoms with Crippen LogP contribution in [0.5, 0.6) is 0 Å². The second kappa shape index (κ2) is 5.60. The van der Waals surface area contributed by atoms with Gasteiger partial charge in [-0.05, 0) is 43.2 Å². The van der Waals surface area contributed by atoms with Gasteiger partial charge in [-0.3, -0.25) is 0 Å². The number of rotatable bonds is 4. The van der Waals surface area contributed by atoms with Crippen LogP contribution in [0, 0.1) is 6.92 Å². The number of benzene rings is 2. The Bertz CT molecular complexity index is 771. The number of aryl methyl sites for hydroxylation is 2. The molecule has 0 aliphatic rings. The topological polar surface area (TPSA) is 29.9 Å². The quantitative estimate of drug-likeness (QED) is 0.764. The Morgan fingerprint density at radius 1 is 1.14 bits per heavy atom. The Hall–Kier alpha value is -2.29. The highest BCUT2D eigenvalue weighted by molar-refractivity contribution is 5.84. The molecule has 0 fully saturated rings. The zero-order valence-corrected chi connectivity index (χ0v) is 12.9. The van der Waals surface area contributed by atoms with Crippen molar-refractivity contribution in [3.63, 3.8) is 0 Å². The minimum Gasteiger partial charge on any atom is -0.388 e. The van der Waals surface area contributed by atoms with E-state index in [2.05, 4.69) is 60.1 Å². The standard InChI is InChI=1S/C18H21N3/c1-4-11-21-17-10-9-13(2)12-16(17)20-18(21)14-7-5-6-8-15(14)19-3/h5-10,12,19H,4,11H2,1-3H3. The molecule has 0 radical (unpaired) electrons. The molecule has 1 heterocycles. The second-order valence-corrected chi connectivity index (χ2v) is 5.37. The molecule has 1 aromatic heterocycles. The maximum Gasteiger partial charge on any atom is 0.143 e. The lowest BCUT2D eigenvalue weighted by molar-refractivity contribution is 0.704. The smallest absolute Gasteiger partial charge is 0.143 e. The van der Waals surface area contributed by atoms with Gasteiger partial charge in [-0.2, -0.15) is 0 Å². The van der Waals surface area contributed by atoms with Crippen molar-refractivity contribution in [2.45, 2.75) is 26.8 Å². The largest absolute Gasteiger partial charge is 0.388 e. The zero-order valence-electron chi connectivity index (χ0n) is 12.9. The summed E-state index contributed by atoms with van der Waals surface area (Å²) in [7, 11) is 1.95. The maximum absolute atomic E-state index is 4.89. The van der Waals surface area contributed by atoms with Crippen LogP contribution in [-0.4, -0.2) is 16.6 Å². The minimum absolute atomic E-state index is 0.979. The molecule has 0 unspecified atom stereocenters. The Labute approximate surface area is 125 Å². The van der Waals surface area contributed by atoms with Crippen LogP contribution >= 0.6 is 0 Å². The Morgan fingerprint density at radius 3 is 2.71 bits per heavy atom. The predicted octanol–water partition coefficient (Wildman–Crippen LogP) is 4.46. The molecular weight excluding hydrogens is 258 g/mol. The molecule has 0 bridgehead atoms. The number of hydrogen-bond acceptors (Lipinski definition) is 2. The molecule has 1 N–H and O–H groups in total. The van der Waals surface area contributed by atoms with Gasteiger partial charge in [0, 0.05) is 24.8 Å². The molecule has 0 atom stereocenters. The van der Waals surface area contributed by atoms with E-state index in [4.69, 9.17) is 4.98 Å². The summed E-state index contributed by atoms with van der Waals surface area (Å²) in [6.45, 7) is 5.29. The first kappa shape index (κ1) is 13.7. The van der Waals surface area contributed by atoms with Gasteiger partial charge in [0.2, 0.25) is 0 Å². The summed E-state index contributed by atoms with van der Waals surface area (Å²) in [4.78, 5) is 4.89. The van der Waals surface area contributed by atoms with Crippen LogP contribution in [0.4, 0.5) is 5.69 Å². The Morgan fingerprint density at radius 2 is 1.95 bits per heavy atom. The summed E-state index contributed by atoms with van der Waals surface area (Å²) in [5.74, 6) is 1.04. The molecule has 3 rings (SSSR count). The van der Waals surface area contributed by atoms with Gasteiger partial charge in [0.05, 0.1) is 11.0 Å². The predicted molar refractivity (Wildman–Crippen MR) is 89.7 cm³/mol. The fourth-order valence-electron chi connectivity index (χ4n) is 2.79. The second-order valence-electron chi connectivity index (χ2n) is 5.37. The molecule has 108 valence electrons. The van der Waals surface area contributed by atoms with Crippen LogP contribution in [0.2, 0.25) is 0 Å². The maximum atomic E-state index is 4.89. The molecule has 3 aromatic rings. The van der Waals surface area contributed by atoms with Crippen molar-refractivity contribution >= 4 is 16.7 Å². The summed E-state index contributed by atoms with van der Waals surface area (Å²) in [6.07, 6.45) is 1.09. The van der Waals surface area contributed by atoms with Gasteiger partial charge in [-0.25, -0.2) is 4.98 Å². The normalized spacial score (nSPS) is 11.0. The van der Waals surface area contributed by atoms with Crippen LogP contribution in [0.1, 0.15) is 18.9 Å². The minimum atomic E-state index is 0.979. The van der Waals surface area contributed by atoms with E-state index >= 15 is 0 Å². The number of imidazole rings is 1. The highest BCUT2D eigenvalue weighted by Gasteiger charge is 2.14. The van der Waals surface area contributed by atoms with Crippen LogP contribution in [0.3, 0.4) is 0 Å². The fourth-order valence-corrected chi connectivity index (χ4v) is 2.79. The van der Waals surface area contributed by atoms with Crippen molar-refractivity contribution in [2.75, 3.05) is 12.4 Å². The van der Waals surface area contributed by atoms with E-state index in [0.29, 0.717) is 0 Å². The average Bonchev–Trinajstić information content (AvgIpc) is 2.85. The third-order valence-corrected chi connectivity index (χ3v) is 3.79. The number of aromatic nitrogens is 2. The lowest BCUT2D eigenvalue weighted by Crippen LogP contribution is -2.01. The monoisotopic (exact) mass is 279 g/mol. The van der Waals surface area contributed by atoms with Crippen LogP contribution in [0.15, 0.2) is 42.5 Å². The third-order valence-electron chi connectivity index (χ3n) is 3.79. The van der Waals surface area contributed by atoms with E-state index in [1.54, 1.807) is 0 Å². The Kier molecular flexibility index (Phi) is 3.65. The Balaban J connectivity index is 2.28. The molecule has 0 saturated carbocycles. The zero-order chi connectivity index (χ0) is 14.8. The summed E-state index contributed by atoms with van der Waals surface area (Å²) < 4.78 is 2.32. The number of para-hydroxylation sites is 1. The van der Waals surface area contributed by atoms with Crippen LogP contribution < -0.4 is 5.32 Å². The van der Waals surface area contributed by atoms with Crippen molar-refractivity contribution < 1.29 is 0 Å². The van der Waals surface area contributed by atoms with Crippen LogP contribution in [-0.2, 0) is 6.54 Å². The highest BCUT2D eigenvalue weighted by atomic mass is 15.1. The molecule has 0 spiro atoms.